The summed E-state index contributed by atoms with van der Waals surface area (Å²) in [5, 5.41) is 2.70. The van der Waals surface area contributed by atoms with Gasteiger partial charge in [0.25, 0.3) is 0 Å². The van der Waals surface area contributed by atoms with E-state index in [1.54, 1.807) is 0 Å². The molecule has 0 amide bonds. The Balaban J connectivity index is 2.13. The van der Waals surface area contributed by atoms with E-state index >= 15 is 0 Å². The summed E-state index contributed by atoms with van der Waals surface area (Å²) in [6, 6.07) is 22.5. The molecule has 0 saturated heterocycles. The van der Waals surface area contributed by atoms with Gasteiger partial charge in [0.1, 0.15) is 0 Å². The molecule has 0 nitrogen and oxygen atoms in total. The molecule has 0 heterocycles. The van der Waals surface area contributed by atoms with Gasteiger partial charge in [-0.1, -0.05) is 62.4 Å². The Morgan fingerprint density at radius 3 is 2.00 bits per heavy atom. The van der Waals surface area contributed by atoms with Crippen molar-refractivity contribution in [2.75, 3.05) is 0 Å². The molecule has 0 radical (unpaired) electrons. The van der Waals surface area contributed by atoms with Gasteiger partial charge in [0.2, 0.25) is 0 Å². The molecule has 0 N–H and O–H groups in total. The number of rotatable bonds is 2. The monoisotopic (exact) mass is 272 g/mol. The first-order valence-corrected chi connectivity index (χ1v) is 7.93. The molecule has 4 rings (SSSR count). The third-order valence-electron chi connectivity index (χ3n) is 5.34. The van der Waals surface area contributed by atoms with E-state index in [0.717, 1.165) is 12.8 Å². The maximum absolute atomic E-state index is 2.43. The van der Waals surface area contributed by atoms with Crippen LogP contribution < -0.4 is 0 Å². The van der Waals surface area contributed by atoms with Crippen molar-refractivity contribution in [3.05, 3.63) is 71.8 Å². The van der Waals surface area contributed by atoms with Gasteiger partial charge in [-0.05, 0) is 58.0 Å². The summed E-state index contributed by atoms with van der Waals surface area (Å²) in [4.78, 5) is 0. The third-order valence-corrected chi connectivity index (χ3v) is 5.34. The van der Waals surface area contributed by atoms with Crippen LogP contribution in [0.3, 0.4) is 0 Å². The SMILES string of the molecule is CCC1(CC)c2ccccc2-c2cc3ccccc3cc21. The van der Waals surface area contributed by atoms with E-state index in [1.165, 1.54) is 33.0 Å². The van der Waals surface area contributed by atoms with E-state index < -0.39 is 0 Å². The van der Waals surface area contributed by atoms with Gasteiger partial charge in [-0.25, -0.2) is 0 Å². The lowest BCUT2D eigenvalue weighted by atomic mass is 9.73. The number of fused-ring (bicyclic) bond motifs is 4. The zero-order valence-electron chi connectivity index (χ0n) is 12.7. The number of hydrogen-bond donors (Lipinski definition) is 0. The van der Waals surface area contributed by atoms with Crippen LogP contribution in [0.2, 0.25) is 0 Å². The van der Waals surface area contributed by atoms with Gasteiger partial charge in [-0.3, -0.25) is 0 Å². The summed E-state index contributed by atoms with van der Waals surface area (Å²) in [5.41, 5.74) is 6.10. The highest BCUT2D eigenvalue weighted by Crippen LogP contribution is 2.53. The standard InChI is InChI=1S/C21H20/c1-3-21(4-2)19-12-8-7-11-17(19)18-13-15-9-5-6-10-16(15)14-20(18)21/h5-14H,3-4H2,1-2H3. The van der Waals surface area contributed by atoms with Crippen LogP contribution in [0.15, 0.2) is 60.7 Å². The lowest BCUT2D eigenvalue weighted by Crippen LogP contribution is -2.22. The highest BCUT2D eigenvalue weighted by atomic mass is 14.4. The predicted octanol–water partition coefficient (Wildman–Crippen LogP) is 5.93. The smallest absolute Gasteiger partial charge is 0.0210 e. The summed E-state index contributed by atoms with van der Waals surface area (Å²) in [5.74, 6) is 0. The Hall–Kier alpha value is -2.08. The largest absolute Gasteiger partial charge is 0.0642 e. The molecular formula is C21H20. The van der Waals surface area contributed by atoms with Crippen molar-refractivity contribution in [2.45, 2.75) is 32.1 Å². The average molecular weight is 272 g/mol. The molecule has 3 aromatic rings. The van der Waals surface area contributed by atoms with Crippen LogP contribution in [0, 0.1) is 0 Å². The highest BCUT2D eigenvalue weighted by molar-refractivity contribution is 5.93. The van der Waals surface area contributed by atoms with Crippen LogP contribution in [-0.4, -0.2) is 0 Å². The Morgan fingerprint density at radius 2 is 1.29 bits per heavy atom. The van der Waals surface area contributed by atoms with Gasteiger partial charge in [0.15, 0.2) is 0 Å². The summed E-state index contributed by atoms with van der Waals surface area (Å²) in [6.45, 7) is 4.65. The summed E-state index contributed by atoms with van der Waals surface area (Å²) in [7, 11) is 0. The molecule has 0 atom stereocenters. The molecule has 0 saturated carbocycles. The van der Waals surface area contributed by atoms with E-state index in [4.69, 9.17) is 0 Å². The molecule has 0 unspecified atom stereocenters. The van der Waals surface area contributed by atoms with Crippen LogP contribution in [0.25, 0.3) is 21.9 Å². The topological polar surface area (TPSA) is 0 Å². The van der Waals surface area contributed by atoms with Crippen molar-refractivity contribution in [2.24, 2.45) is 0 Å². The highest BCUT2D eigenvalue weighted by Gasteiger charge is 2.40. The minimum absolute atomic E-state index is 0.190. The van der Waals surface area contributed by atoms with Gasteiger partial charge in [-0.15, -0.1) is 0 Å². The van der Waals surface area contributed by atoms with E-state index in [9.17, 15) is 0 Å². The molecule has 0 spiro atoms. The first-order chi connectivity index (χ1) is 10.3. The Bertz CT molecular complexity index is 822. The summed E-state index contributed by atoms with van der Waals surface area (Å²) in [6.07, 6.45) is 2.32. The molecule has 0 fully saturated rings. The predicted molar refractivity (Wildman–Crippen MR) is 90.7 cm³/mol. The molecule has 1 aliphatic carbocycles. The lowest BCUT2D eigenvalue weighted by molar-refractivity contribution is 0.491. The van der Waals surface area contributed by atoms with E-state index in [1.807, 2.05) is 0 Å². The Labute approximate surface area is 126 Å². The van der Waals surface area contributed by atoms with Crippen molar-refractivity contribution in [3.8, 4) is 11.1 Å². The average Bonchev–Trinajstić information content (AvgIpc) is 2.83. The normalized spacial score (nSPS) is 15.0. The zero-order chi connectivity index (χ0) is 14.4. The number of benzene rings is 3. The van der Waals surface area contributed by atoms with Crippen LogP contribution in [-0.2, 0) is 5.41 Å². The van der Waals surface area contributed by atoms with E-state index in [-0.39, 0.29) is 5.41 Å². The van der Waals surface area contributed by atoms with E-state index in [2.05, 4.69) is 74.5 Å². The fraction of sp³-hybridized carbons (Fsp3) is 0.238. The molecule has 104 valence electrons. The molecule has 1 aliphatic rings. The first kappa shape index (κ1) is 12.6. The second-order valence-electron chi connectivity index (χ2n) is 6.08. The lowest BCUT2D eigenvalue weighted by Gasteiger charge is -2.29. The summed E-state index contributed by atoms with van der Waals surface area (Å²) < 4.78 is 0. The quantitative estimate of drug-likeness (QED) is 0.542. The van der Waals surface area contributed by atoms with Gasteiger partial charge >= 0.3 is 0 Å². The number of hydrogen-bond acceptors (Lipinski definition) is 0. The van der Waals surface area contributed by atoms with Crippen molar-refractivity contribution in [1.29, 1.82) is 0 Å². The maximum atomic E-state index is 2.43. The van der Waals surface area contributed by atoms with Crippen molar-refractivity contribution in [3.63, 3.8) is 0 Å². The van der Waals surface area contributed by atoms with Crippen molar-refractivity contribution < 1.29 is 0 Å². The molecule has 0 aliphatic heterocycles. The van der Waals surface area contributed by atoms with Crippen LogP contribution in [0.5, 0.6) is 0 Å². The first-order valence-electron chi connectivity index (χ1n) is 7.93. The van der Waals surface area contributed by atoms with Crippen LogP contribution in [0.4, 0.5) is 0 Å². The molecule has 0 heteroatoms. The van der Waals surface area contributed by atoms with Gasteiger partial charge in [0.05, 0.1) is 0 Å². The minimum Gasteiger partial charge on any atom is -0.0642 e. The van der Waals surface area contributed by atoms with Crippen molar-refractivity contribution in [1.82, 2.24) is 0 Å². The molecule has 0 aromatic heterocycles. The Kier molecular flexibility index (Phi) is 2.68. The second kappa shape index (κ2) is 4.46. The van der Waals surface area contributed by atoms with Crippen LogP contribution >= 0.6 is 0 Å². The fourth-order valence-corrected chi connectivity index (χ4v) is 4.15. The van der Waals surface area contributed by atoms with Gasteiger partial charge in [-0.2, -0.15) is 0 Å². The fourth-order valence-electron chi connectivity index (χ4n) is 4.15. The third kappa shape index (κ3) is 1.56. The van der Waals surface area contributed by atoms with Gasteiger partial charge in [0, 0.05) is 5.41 Å². The van der Waals surface area contributed by atoms with Crippen molar-refractivity contribution >= 4 is 10.8 Å². The minimum atomic E-state index is 0.190. The Morgan fingerprint density at radius 1 is 0.667 bits per heavy atom. The maximum Gasteiger partial charge on any atom is 0.0210 e. The molecular weight excluding hydrogens is 252 g/mol. The molecule has 0 bridgehead atoms. The summed E-state index contributed by atoms with van der Waals surface area (Å²) >= 11 is 0. The van der Waals surface area contributed by atoms with Crippen LogP contribution in [0.1, 0.15) is 37.8 Å². The second-order valence-corrected chi connectivity index (χ2v) is 6.08. The van der Waals surface area contributed by atoms with Gasteiger partial charge < -0.3 is 0 Å². The van der Waals surface area contributed by atoms with E-state index in [0.29, 0.717) is 0 Å². The zero-order valence-corrected chi connectivity index (χ0v) is 12.7. The molecule has 21 heavy (non-hydrogen) atoms. The molecule has 3 aromatic carbocycles.